The minimum atomic E-state index is 0.652. The van der Waals surface area contributed by atoms with E-state index in [0.29, 0.717) is 6.61 Å². The van der Waals surface area contributed by atoms with E-state index in [2.05, 4.69) is 25.7 Å². The first-order chi connectivity index (χ1) is 11.3. The van der Waals surface area contributed by atoms with Gasteiger partial charge in [-0.25, -0.2) is 4.98 Å². The van der Waals surface area contributed by atoms with Gasteiger partial charge in [-0.2, -0.15) is 5.10 Å². The highest BCUT2D eigenvalue weighted by Crippen LogP contribution is 2.29. The Morgan fingerprint density at radius 3 is 3.00 bits per heavy atom. The monoisotopic (exact) mass is 315 g/mol. The Bertz CT molecular complexity index is 658. The van der Waals surface area contributed by atoms with Crippen molar-refractivity contribution in [2.24, 2.45) is 13.0 Å². The van der Waals surface area contributed by atoms with Crippen molar-refractivity contribution in [3.05, 3.63) is 35.7 Å². The van der Waals surface area contributed by atoms with Crippen LogP contribution in [0.5, 0.6) is 0 Å². The van der Waals surface area contributed by atoms with Gasteiger partial charge >= 0.3 is 0 Å². The molecule has 2 aliphatic rings. The number of nitrogens with zero attached hydrogens (tertiary/aromatic N) is 5. The molecule has 0 aromatic carbocycles. The summed E-state index contributed by atoms with van der Waals surface area (Å²) in [6.45, 7) is 5.59. The molecule has 0 unspecified atom stereocenters. The molecule has 1 aliphatic carbocycles. The first kappa shape index (κ1) is 14.9. The van der Waals surface area contributed by atoms with E-state index in [4.69, 9.17) is 4.74 Å². The summed E-state index contributed by atoms with van der Waals surface area (Å²) in [6.07, 6.45) is 9.87. The fraction of sp³-hybridized carbons (Fsp3) is 0.647. The highest BCUT2D eigenvalue weighted by molar-refractivity contribution is 5.14. The van der Waals surface area contributed by atoms with Crippen LogP contribution in [0.4, 0.5) is 0 Å². The zero-order valence-corrected chi connectivity index (χ0v) is 13.8. The van der Waals surface area contributed by atoms with E-state index >= 15 is 0 Å². The van der Waals surface area contributed by atoms with Crippen LogP contribution in [-0.2, 0) is 38.0 Å². The van der Waals surface area contributed by atoms with Crippen molar-refractivity contribution in [2.75, 3.05) is 13.2 Å². The van der Waals surface area contributed by atoms with Crippen LogP contribution < -0.4 is 0 Å². The number of imidazole rings is 1. The summed E-state index contributed by atoms with van der Waals surface area (Å²) in [5.74, 6) is 0.804. The molecule has 0 atom stereocenters. The fourth-order valence-electron chi connectivity index (χ4n) is 3.25. The van der Waals surface area contributed by atoms with Gasteiger partial charge in [-0.3, -0.25) is 9.58 Å². The first-order valence-electron chi connectivity index (χ1n) is 8.58. The minimum Gasteiger partial charge on any atom is -0.375 e. The van der Waals surface area contributed by atoms with Crippen LogP contribution >= 0.6 is 0 Å². The van der Waals surface area contributed by atoms with Crippen molar-refractivity contribution in [1.29, 1.82) is 0 Å². The molecule has 1 aliphatic heterocycles. The Morgan fingerprint density at radius 1 is 1.30 bits per heavy atom. The molecular formula is C17H25N5O. The summed E-state index contributed by atoms with van der Waals surface area (Å²) in [4.78, 5) is 7.09. The van der Waals surface area contributed by atoms with Gasteiger partial charge in [0.05, 0.1) is 30.5 Å². The zero-order valence-electron chi connectivity index (χ0n) is 13.8. The normalized spacial score (nSPS) is 18.8. The second-order valence-corrected chi connectivity index (χ2v) is 6.88. The Balaban J connectivity index is 1.42. The van der Waals surface area contributed by atoms with E-state index in [0.717, 1.165) is 50.8 Å². The highest BCUT2D eigenvalue weighted by Gasteiger charge is 2.23. The van der Waals surface area contributed by atoms with E-state index in [1.54, 1.807) is 0 Å². The summed E-state index contributed by atoms with van der Waals surface area (Å²) < 4.78 is 10.0. The SMILES string of the molecule is Cn1cc(CN2CCCn3cnc(COCC4CC4)c3C2)cn1. The zero-order chi connectivity index (χ0) is 15.6. The summed E-state index contributed by atoms with van der Waals surface area (Å²) in [7, 11) is 1.97. The molecule has 1 fully saturated rings. The third-order valence-electron chi connectivity index (χ3n) is 4.73. The second kappa shape index (κ2) is 6.45. The van der Waals surface area contributed by atoms with Gasteiger partial charge in [0, 0.05) is 51.6 Å². The molecule has 6 heteroatoms. The van der Waals surface area contributed by atoms with E-state index < -0.39 is 0 Å². The van der Waals surface area contributed by atoms with Crippen LogP contribution in [0.1, 0.15) is 36.2 Å². The molecule has 6 nitrogen and oxygen atoms in total. The van der Waals surface area contributed by atoms with E-state index in [1.165, 1.54) is 24.1 Å². The number of aryl methyl sites for hydroxylation is 2. The number of rotatable bonds is 6. The van der Waals surface area contributed by atoms with Gasteiger partial charge in [-0.15, -0.1) is 0 Å². The molecular weight excluding hydrogens is 290 g/mol. The molecule has 0 radical (unpaired) electrons. The van der Waals surface area contributed by atoms with Crippen LogP contribution in [0.2, 0.25) is 0 Å². The van der Waals surface area contributed by atoms with Gasteiger partial charge < -0.3 is 9.30 Å². The fourth-order valence-corrected chi connectivity index (χ4v) is 3.25. The summed E-state index contributed by atoms with van der Waals surface area (Å²) in [5.41, 5.74) is 3.71. The maximum Gasteiger partial charge on any atom is 0.0953 e. The van der Waals surface area contributed by atoms with Crippen molar-refractivity contribution in [3.8, 4) is 0 Å². The maximum absolute atomic E-state index is 5.86. The van der Waals surface area contributed by atoms with Crippen LogP contribution in [0, 0.1) is 5.92 Å². The number of fused-ring (bicyclic) bond motifs is 1. The number of hydrogen-bond donors (Lipinski definition) is 0. The van der Waals surface area contributed by atoms with Gasteiger partial charge in [-0.05, 0) is 25.2 Å². The van der Waals surface area contributed by atoms with E-state index in [9.17, 15) is 0 Å². The summed E-state index contributed by atoms with van der Waals surface area (Å²) in [5, 5.41) is 4.27. The van der Waals surface area contributed by atoms with Gasteiger partial charge in [0.15, 0.2) is 0 Å². The number of aromatic nitrogens is 4. The Labute approximate surface area is 137 Å². The van der Waals surface area contributed by atoms with E-state index in [-0.39, 0.29) is 0 Å². The molecule has 2 aromatic rings. The lowest BCUT2D eigenvalue weighted by Crippen LogP contribution is -2.23. The first-order valence-corrected chi connectivity index (χ1v) is 8.58. The highest BCUT2D eigenvalue weighted by atomic mass is 16.5. The van der Waals surface area contributed by atoms with E-state index in [1.807, 2.05) is 24.3 Å². The quantitative estimate of drug-likeness (QED) is 0.817. The van der Waals surface area contributed by atoms with Gasteiger partial charge in [0.1, 0.15) is 0 Å². The lowest BCUT2D eigenvalue weighted by Gasteiger charge is -2.19. The van der Waals surface area contributed by atoms with Crippen molar-refractivity contribution in [3.63, 3.8) is 0 Å². The molecule has 23 heavy (non-hydrogen) atoms. The maximum atomic E-state index is 5.86. The molecule has 0 amide bonds. The predicted molar refractivity (Wildman–Crippen MR) is 86.5 cm³/mol. The van der Waals surface area contributed by atoms with Gasteiger partial charge in [0.2, 0.25) is 0 Å². The molecule has 0 spiro atoms. The van der Waals surface area contributed by atoms with Crippen molar-refractivity contribution in [2.45, 2.75) is 45.5 Å². The summed E-state index contributed by atoms with van der Waals surface area (Å²) >= 11 is 0. The van der Waals surface area contributed by atoms with Crippen LogP contribution in [0.15, 0.2) is 18.7 Å². The average Bonchev–Trinajstić information content (AvgIpc) is 3.21. The average molecular weight is 315 g/mol. The molecule has 0 bridgehead atoms. The van der Waals surface area contributed by atoms with Gasteiger partial charge in [0.25, 0.3) is 0 Å². The third-order valence-corrected chi connectivity index (χ3v) is 4.73. The number of ether oxygens (including phenoxy) is 1. The molecule has 124 valence electrons. The van der Waals surface area contributed by atoms with Gasteiger partial charge in [-0.1, -0.05) is 0 Å². The minimum absolute atomic E-state index is 0.652. The van der Waals surface area contributed by atoms with Crippen LogP contribution in [0.25, 0.3) is 0 Å². The Morgan fingerprint density at radius 2 is 2.22 bits per heavy atom. The lowest BCUT2D eigenvalue weighted by atomic mass is 10.2. The predicted octanol–water partition coefficient (Wildman–Crippen LogP) is 1.95. The molecule has 4 rings (SSSR count). The largest absolute Gasteiger partial charge is 0.375 e. The molecule has 2 aromatic heterocycles. The lowest BCUT2D eigenvalue weighted by molar-refractivity contribution is 0.107. The second-order valence-electron chi connectivity index (χ2n) is 6.88. The molecule has 0 N–H and O–H groups in total. The molecule has 3 heterocycles. The Hall–Kier alpha value is -1.66. The summed E-state index contributed by atoms with van der Waals surface area (Å²) in [6, 6.07) is 0. The molecule has 1 saturated carbocycles. The number of hydrogen-bond acceptors (Lipinski definition) is 4. The molecule has 0 saturated heterocycles. The third kappa shape index (κ3) is 3.64. The van der Waals surface area contributed by atoms with Crippen LogP contribution in [-0.4, -0.2) is 37.4 Å². The Kier molecular flexibility index (Phi) is 4.18. The topological polar surface area (TPSA) is 48.1 Å². The van der Waals surface area contributed by atoms with Crippen molar-refractivity contribution < 1.29 is 4.74 Å². The van der Waals surface area contributed by atoms with Crippen LogP contribution in [0.3, 0.4) is 0 Å². The standard InChI is InChI=1S/C17H25N5O/c1-20-8-15(7-19-20)9-21-5-2-6-22-13-18-16(17(22)10-21)12-23-11-14-3-4-14/h7-8,13-14H,2-6,9-12H2,1H3. The van der Waals surface area contributed by atoms with Crippen molar-refractivity contribution in [1.82, 2.24) is 24.2 Å². The smallest absolute Gasteiger partial charge is 0.0953 e. The van der Waals surface area contributed by atoms with Crippen molar-refractivity contribution >= 4 is 0 Å².